The van der Waals surface area contributed by atoms with Crippen molar-refractivity contribution >= 4 is 49.6 Å². The molecule has 0 bridgehead atoms. The highest BCUT2D eigenvalue weighted by atomic mass is 17.5. The molecular formula is C38H26N2O6. The monoisotopic (exact) mass is 628 g/mol. The van der Waals surface area contributed by atoms with Crippen molar-refractivity contribution in [2.45, 2.75) is 0 Å². The maximum absolute atomic E-state index is 13.8. The molecule has 6 aromatic carbocycles. The zero-order chi connectivity index (χ0) is 50.3. The summed E-state index contributed by atoms with van der Waals surface area (Å²) in [5.41, 5.74) is -7.77. The number of benzene rings is 6. The molecule has 46 heavy (non-hydrogen) atoms. The first-order valence-corrected chi connectivity index (χ1v) is 12.9. The Labute approximate surface area is 293 Å². The van der Waals surface area contributed by atoms with Crippen molar-refractivity contribution in [1.29, 1.82) is 0 Å². The molecule has 8 aromatic rings. The van der Waals surface area contributed by atoms with Gasteiger partial charge in [-0.3, -0.25) is 4.89 Å². The molecule has 2 aromatic heterocycles. The first-order chi connectivity index (χ1) is 31.8. The molecule has 0 amide bonds. The molecule has 8 nitrogen and oxygen atoms in total. The summed E-state index contributed by atoms with van der Waals surface area (Å²) in [6.07, 6.45) is 0. The summed E-state index contributed by atoms with van der Waals surface area (Å²) in [6, 6.07) is -20.8. The fourth-order valence-electron chi connectivity index (χ4n) is 4.98. The topological polar surface area (TPSA) is 84.1 Å². The van der Waals surface area contributed by atoms with Gasteiger partial charge in [0.25, 0.3) is 0 Å². The Morgan fingerprint density at radius 2 is 1.04 bits per heavy atom. The van der Waals surface area contributed by atoms with E-state index in [0.717, 1.165) is 7.11 Å². The highest BCUT2D eigenvalue weighted by Crippen LogP contribution is 2.40. The number of rotatable bonds is 7. The van der Waals surface area contributed by atoms with Crippen LogP contribution in [0.1, 0.15) is 40.5 Å². The van der Waals surface area contributed by atoms with Gasteiger partial charge in [-0.25, -0.2) is 4.79 Å². The van der Waals surface area contributed by atoms with E-state index < -0.39 is 216 Å². The van der Waals surface area contributed by atoms with Crippen LogP contribution in [0.3, 0.4) is 0 Å². The first-order valence-electron chi connectivity index (χ1n) is 23.9. The van der Waals surface area contributed by atoms with Gasteiger partial charge in [0.1, 0.15) is 0 Å². The quantitative estimate of drug-likeness (QED) is 0.140. The Morgan fingerprint density at radius 3 is 1.50 bits per heavy atom. The number of hydrogen-bond donors (Lipinski definition) is 1. The largest absolute Gasteiger partial charge is 0.373 e. The van der Waals surface area contributed by atoms with Gasteiger partial charge < -0.3 is 14.0 Å². The van der Waals surface area contributed by atoms with E-state index in [0.29, 0.717) is 9.13 Å². The molecule has 0 aliphatic rings. The number of carbonyl (C=O) groups excluding carboxylic acids is 1. The lowest BCUT2D eigenvalue weighted by Gasteiger charge is -2.16. The van der Waals surface area contributed by atoms with Gasteiger partial charge in [-0.05, 0) is 53.4 Å². The Hall–Kier alpha value is -5.93. The van der Waals surface area contributed by atoms with Crippen LogP contribution in [0.4, 0.5) is 0 Å². The molecule has 1 N–H and O–H groups in total. The van der Waals surface area contributed by atoms with Gasteiger partial charge in [0.2, 0.25) is 0 Å². The number of aromatic nitrogens is 2. The zero-order valence-corrected chi connectivity index (χ0v) is 22.9. The third-order valence-electron chi connectivity index (χ3n) is 6.80. The van der Waals surface area contributed by atoms with Crippen molar-refractivity contribution in [3.8, 4) is 28.3 Å². The first kappa shape index (κ1) is 12.8. The van der Waals surface area contributed by atoms with Crippen LogP contribution in [0.2, 0.25) is 0 Å². The van der Waals surface area contributed by atoms with Crippen LogP contribution in [0.5, 0.6) is 5.75 Å². The van der Waals surface area contributed by atoms with Gasteiger partial charge in [0.15, 0.2) is 5.75 Å². The van der Waals surface area contributed by atoms with Crippen LogP contribution in [0.25, 0.3) is 66.1 Å². The van der Waals surface area contributed by atoms with Gasteiger partial charge in [0.05, 0.1) is 70.6 Å². The smallest absolute Gasteiger partial charge is 0.309 e. The fraction of sp³-hybridized carbons (Fsp3) is 0.0263. The van der Waals surface area contributed by atoms with Gasteiger partial charge >= 0.3 is 5.97 Å². The second-order valence-corrected chi connectivity index (χ2v) is 9.16. The normalized spacial score (nSPS) is 18.2. The summed E-state index contributed by atoms with van der Waals surface area (Å²) in [4.78, 5) is 27.6. The van der Waals surface area contributed by atoms with Crippen molar-refractivity contribution in [1.82, 2.24) is 9.13 Å². The minimum absolute atomic E-state index is 0.488. The molecule has 8 rings (SSSR count). The van der Waals surface area contributed by atoms with Gasteiger partial charge in [0, 0.05) is 44.4 Å². The van der Waals surface area contributed by atoms with Crippen LogP contribution in [-0.2, 0) is 14.8 Å². The zero-order valence-electron chi connectivity index (χ0n) is 44.9. The van der Waals surface area contributed by atoms with E-state index in [1.165, 1.54) is 0 Å². The van der Waals surface area contributed by atoms with Gasteiger partial charge in [-0.1, -0.05) is 78.6 Å². The van der Waals surface area contributed by atoms with E-state index in [1.807, 2.05) is 0 Å². The number of hydrogen-bond acceptors (Lipinski definition) is 6. The van der Waals surface area contributed by atoms with E-state index in [2.05, 4.69) is 14.8 Å². The van der Waals surface area contributed by atoms with Crippen molar-refractivity contribution in [3.05, 3.63) is 138 Å². The summed E-state index contributed by atoms with van der Waals surface area (Å²) in [5, 5.41) is 12.5. The summed E-state index contributed by atoms with van der Waals surface area (Å²) in [6.45, 7) is 0. The van der Waals surface area contributed by atoms with E-state index in [9.17, 15) is 18.3 Å². The van der Waals surface area contributed by atoms with E-state index in [4.69, 9.17) is 26.8 Å². The number of nitrogens with zero attached hydrogens (tertiary/aromatic N) is 2. The van der Waals surface area contributed by atoms with Gasteiger partial charge in [-0.15, -0.1) is 0 Å². The van der Waals surface area contributed by atoms with E-state index in [1.54, 1.807) is 0 Å². The minimum atomic E-state index is -1.93. The molecule has 0 radical (unpaired) electrons. The predicted octanol–water partition coefficient (Wildman–Crippen LogP) is 9.05. The number of para-hydroxylation sites is 4. The lowest BCUT2D eigenvalue weighted by atomic mass is 9.97. The number of fused-ring (bicyclic) bond motifs is 6. The second-order valence-electron chi connectivity index (χ2n) is 9.16. The minimum Gasteiger partial charge on any atom is -0.309 e. The Morgan fingerprint density at radius 1 is 0.609 bits per heavy atom. The van der Waals surface area contributed by atoms with Crippen molar-refractivity contribution in [2.75, 3.05) is 7.11 Å². The van der Waals surface area contributed by atoms with E-state index in [-0.39, 0.29) is 0 Å². The van der Waals surface area contributed by atoms with Crippen LogP contribution in [-0.4, -0.2) is 27.5 Å². The SMILES string of the molecule is [2H]c1c([2H])c(-n2c3c([2H])c([2H])c([2H])c([2H])c3c3c([2H])c([2H])c([2H])c([2H])c32)c([2H])c(OOOC)c1-c1c([2H])c([2H])c(-n2c3c([2H])c([2H])c([2H])c([2H])c3c3c([2H])c([2H])c([2H])c([2H])c32)c([2H])c1C(=O)OO. The maximum Gasteiger partial charge on any atom is 0.373 e. The molecule has 0 fully saturated rings. The molecule has 0 aliphatic carbocycles. The van der Waals surface area contributed by atoms with E-state index >= 15 is 0 Å². The van der Waals surface area contributed by atoms with Crippen molar-refractivity contribution in [3.63, 3.8) is 0 Å². The summed E-state index contributed by atoms with van der Waals surface area (Å²) in [5.74, 6) is -3.05. The third-order valence-corrected chi connectivity index (χ3v) is 6.80. The maximum atomic E-state index is 13.8. The van der Waals surface area contributed by atoms with Crippen LogP contribution < -0.4 is 4.89 Å². The Balaban J connectivity index is 1.59. The molecule has 224 valence electrons. The van der Waals surface area contributed by atoms with Crippen LogP contribution >= 0.6 is 0 Å². The second kappa shape index (κ2) is 11.2. The summed E-state index contributed by atoms with van der Waals surface area (Å²) >= 11 is 0. The predicted molar refractivity (Wildman–Crippen MR) is 177 cm³/mol. The lowest BCUT2D eigenvalue weighted by Crippen LogP contribution is -2.07. The molecule has 0 spiro atoms. The average Bonchev–Trinajstić information content (AvgIpc) is 3.85. The van der Waals surface area contributed by atoms with Crippen LogP contribution in [0, 0.1) is 0 Å². The molecule has 0 saturated heterocycles. The van der Waals surface area contributed by atoms with Gasteiger partial charge in [-0.2, -0.15) is 10.1 Å². The highest BCUT2D eigenvalue weighted by molar-refractivity contribution is 6.10. The molecule has 8 heteroatoms. The highest BCUT2D eigenvalue weighted by Gasteiger charge is 2.22. The molecule has 0 saturated carbocycles. The Kier molecular flexibility index (Phi) is 3.12. The molecule has 0 aliphatic heterocycles. The standard InChI is InChI=1S/C38H26N2O6/c1-43-46-45-37-23-25(40-35-16-8-4-12-29(35)30-13-5-9-17-36(30)40)19-21-31(37)26-20-18-24(22-32(26)38(41)44-42)39-33-14-6-2-10-27(33)28-11-3-7-15-34(28)39/h2-23,42H,1H3/i2D,3D,4D,5D,6D,7D,8D,9D,10D,11D,12D,13D,14D,15D,16D,17D,18D,19D,20D,21D,22D,23D. The van der Waals surface area contributed by atoms with Crippen LogP contribution in [0.15, 0.2) is 133 Å². The summed E-state index contributed by atoms with van der Waals surface area (Å²) in [7, 11) is 0.892. The molecule has 0 atom stereocenters. The molecular weight excluding hydrogens is 580 g/mol. The van der Waals surface area contributed by atoms with Crippen molar-refractivity contribution in [2.24, 2.45) is 0 Å². The Bertz CT molecular complexity index is 3510. The molecule has 2 heterocycles. The summed E-state index contributed by atoms with van der Waals surface area (Å²) < 4.78 is 195. The number of carbonyl (C=O) groups is 1. The lowest BCUT2D eigenvalue weighted by molar-refractivity contribution is -0.453. The molecule has 0 unspecified atom stereocenters. The average molecular weight is 629 g/mol. The van der Waals surface area contributed by atoms with Crippen molar-refractivity contribution < 1.29 is 59.9 Å². The third kappa shape index (κ3) is 4.32. The fourth-order valence-corrected chi connectivity index (χ4v) is 4.98.